The number of hydrogen-bond donors (Lipinski definition) is 1. The van der Waals surface area contributed by atoms with Crippen LogP contribution in [0.15, 0.2) is 54.3 Å². The van der Waals surface area contributed by atoms with E-state index < -0.39 is 0 Å². The first-order valence-electron chi connectivity index (χ1n) is 12.6. The summed E-state index contributed by atoms with van der Waals surface area (Å²) in [7, 11) is 1.81. The summed E-state index contributed by atoms with van der Waals surface area (Å²) in [5.41, 5.74) is 8.92. The number of ether oxygens (including phenoxy) is 1. The van der Waals surface area contributed by atoms with Crippen LogP contribution in [-0.2, 0) is 6.42 Å². The number of allylic oxidation sites excluding steroid dienone is 4. The zero-order valence-electron chi connectivity index (χ0n) is 20.3. The number of fused-ring (bicyclic) bond motifs is 6. The van der Waals surface area contributed by atoms with Crippen LogP contribution in [0.2, 0.25) is 0 Å². The molecular formula is C29H40N2O. The second kappa shape index (κ2) is 10.1. The average molecular weight is 433 g/mol. The number of unbranched alkanes of at least 4 members (excludes halogenated alkanes) is 3. The monoisotopic (exact) mass is 432 g/mol. The number of methoxy groups -OCH3 is 1. The Morgan fingerprint density at radius 3 is 2.78 bits per heavy atom. The van der Waals surface area contributed by atoms with Gasteiger partial charge in [0.25, 0.3) is 0 Å². The van der Waals surface area contributed by atoms with Gasteiger partial charge in [0.1, 0.15) is 5.75 Å². The molecule has 1 saturated heterocycles. The Hall–Kier alpha value is -2.26. The van der Waals surface area contributed by atoms with Crippen LogP contribution in [0.5, 0.6) is 5.75 Å². The highest BCUT2D eigenvalue weighted by atomic mass is 16.5. The van der Waals surface area contributed by atoms with Crippen LogP contribution >= 0.6 is 0 Å². The third-order valence-electron chi connectivity index (χ3n) is 7.37. The Balaban J connectivity index is 1.75. The molecule has 0 aliphatic carbocycles. The Morgan fingerprint density at radius 1 is 1.19 bits per heavy atom. The van der Waals surface area contributed by atoms with Gasteiger partial charge in [-0.3, -0.25) is 0 Å². The Kier molecular flexibility index (Phi) is 7.25. The maximum absolute atomic E-state index is 5.89. The topological polar surface area (TPSA) is 24.5 Å². The van der Waals surface area contributed by atoms with Crippen molar-refractivity contribution in [2.24, 2.45) is 0 Å². The molecule has 1 aromatic carbocycles. The highest BCUT2D eigenvalue weighted by molar-refractivity contribution is 5.78. The number of nitrogens with zero attached hydrogens (tertiary/aromatic N) is 1. The predicted molar refractivity (Wildman–Crippen MR) is 136 cm³/mol. The fourth-order valence-electron chi connectivity index (χ4n) is 5.65. The Morgan fingerprint density at radius 2 is 2.03 bits per heavy atom. The van der Waals surface area contributed by atoms with Gasteiger partial charge in [0.15, 0.2) is 0 Å². The molecule has 172 valence electrons. The molecule has 3 aliphatic rings. The van der Waals surface area contributed by atoms with E-state index in [1.807, 2.05) is 7.11 Å². The summed E-state index contributed by atoms with van der Waals surface area (Å²) in [6, 6.07) is 5.23. The van der Waals surface area contributed by atoms with Crippen molar-refractivity contribution in [1.29, 1.82) is 0 Å². The maximum Gasteiger partial charge on any atom is 0.122 e. The van der Waals surface area contributed by atoms with Gasteiger partial charge in [-0.25, -0.2) is 0 Å². The SMILES string of the molecule is C=C1C=C2c3cc(OC)c(CCCCCC)cc3C3CNCCC3N2C=C1C(=C)CCC. The van der Waals surface area contributed by atoms with Crippen LogP contribution in [0.3, 0.4) is 0 Å². The molecule has 0 spiro atoms. The molecule has 3 aliphatic heterocycles. The summed E-state index contributed by atoms with van der Waals surface area (Å²) in [5.74, 6) is 1.51. The summed E-state index contributed by atoms with van der Waals surface area (Å²) < 4.78 is 5.89. The minimum Gasteiger partial charge on any atom is -0.496 e. The van der Waals surface area contributed by atoms with Crippen molar-refractivity contribution in [2.45, 2.75) is 77.2 Å². The number of aryl methyl sites for hydroxylation is 1. The van der Waals surface area contributed by atoms with Gasteiger partial charge in [-0.15, -0.1) is 0 Å². The molecular weight excluding hydrogens is 392 g/mol. The minimum absolute atomic E-state index is 0.480. The molecule has 2 atom stereocenters. The van der Waals surface area contributed by atoms with Crippen molar-refractivity contribution in [3.05, 3.63) is 71.0 Å². The zero-order chi connectivity index (χ0) is 22.7. The molecule has 0 amide bonds. The quantitative estimate of drug-likeness (QED) is 0.438. The first-order valence-corrected chi connectivity index (χ1v) is 12.6. The van der Waals surface area contributed by atoms with Gasteiger partial charge >= 0.3 is 0 Å². The van der Waals surface area contributed by atoms with Crippen LogP contribution in [0, 0.1) is 0 Å². The molecule has 0 bridgehead atoms. The first kappa shape index (κ1) is 22.9. The number of piperidine rings is 1. The largest absolute Gasteiger partial charge is 0.496 e. The van der Waals surface area contributed by atoms with E-state index in [0.29, 0.717) is 12.0 Å². The van der Waals surface area contributed by atoms with Crippen molar-refractivity contribution in [3.63, 3.8) is 0 Å². The van der Waals surface area contributed by atoms with Gasteiger partial charge in [-0.2, -0.15) is 0 Å². The van der Waals surface area contributed by atoms with E-state index in [2.05, 4.69) is 61.6 Å². The van der Waals surface area contributed by atoms with E-state index in [9.17, 15) is 0 Å². The molecule has 3 heterocycles. The molecule has 3 heteroatoms. The Bertz CT molecular complexity index is 939. The van der Waals surface area contributed by atoms with E-state index in [1.165, 1.54) is 59.2 Å². The fourth-order valence-corrected chi connectivity index (χ4v) is 5.65. The third kappa shape index (κ3) is 4.32. The first-order chi connectivity index (χ1) is 15.6. The van der Waals surface area contributed by atoms with Crippen molar-refractivity contribution in [1.82, 2.24) is 10.2 Å². The number of rotatable bonds is 9. The number of benzene rings is 1. The summed E-state index contributed by atoms with van der Waals surface area (Å²) in [6.45, 7) is 15.4. The van der Waals surface area contributed by atoms with Gasteiger partial charge in [0, 0.05) is 36.0 Å². The predicted octanol–water partition coefficient (Wildman–Crippen LogP) is 6.73. The lowest BCUT2D eigenvalue weighted by Crippen LogP contribution is -2.49. The van der Waals surface area contributed by atoms with Crippen molar-refractivity contribution < 1.29 is 4.74 Å². The van der Waals surface area contributed by atoms with Crippen LogP contribution in [0.4, 0.5) is 0 Å². The second-order valence-corrected chi connectivity index (χ2v) is 9.59. The van der Waals surface area contributed by atoms with E-state index >= 15 is 0 Å². The summed E-state index contributed by atoms with van der Waals surface area (Å²) in [6.07, 6.45) is 14.1. The average Bonchev–Trinajstić information content (AvgIpc) is 2.81. The molecule has 2 unspecified atom stereocenters. The molecule has 1 N–H and O–H groups in total. The molecule has 4 rings (SSSR count). The molecule has 1 aromatic rings. The smallest absolute Gasteiger partial charge is 0.122 e. The van der Waals surface area contributed by atoms with Crippen molar-refractivity contribution in [2.75, 3.05) is 20.2 Å². The lowest BCUT2D eigenvalue weighted by Gasteiger charge is -2.48. The number of hydrogen-bond acceptors (Lipinski definition) is 3. The molecule has 3 nitrogen and oxygen atoms in total. The van der Waals surface area contributed by atoms with Crippen molar-refractivity contribution in [3.8, 4) is 5.75 Å². The zero-order valence-corrected chi connectivity index (χ0v) is 20.3. The van der Waals surface area contributed by atoms with Crippen molar-refractivity contribution >= 4 is 5.70 Å². The van der Waals surface area contributed by atoms with Crippen LogP contribution in [-0.4, -0.2) is 31.1 Å². The van der Waals surface area contributed by atoms with Gasteiger partial charge in [0.2, 0.25) is 0 Å². The lowest BCUT2D eigenvalue weighted by atomic mass is 9.76. The molecule has 0 aromatic heterocycles. The van der Waals surface area contributed by atoms with Gasteiger partial charge in [0.05, 0.1) is 7.11 Å². The fraction of sp³-hybridized carbons (Fsp3) is 0.517. The summed E-state index contributed by atoms with van der Waals surface area (Å²) in [5, 5.41) is 3.66. The molecule has 32 heavy (non-hydrogen) atoms. The van der Waals surface area contributed by atoms with Crippen LogP contribution in [0.25, 0.3) is 5.70 Å². The molecule has 0 radical (unpaired) electrons. The normalized spacial score (nSPS) is 21.8. The molecule has 0 saturated carbocycles. The standard InChI is InChI=1S/C29H40N2O/c1-6-8-9-10-12-22-16-23-24(17-29(22)32-5)28-15-21(4)26(20(3)11-7-2)19-31(28)27-13-14-30-18-25(23)27/h15-17,19,25,27,30H,3-4,6-14,18H2,1-2,5H3. The van der Waals surface area contributed by atoms with E-state index in [0.717, 1.165) is 50.1 Å². The van der Waals surface area contributed by atoms with E-state index in [1.54, 1.807) is 0 Å². The molecule has 1 fully saturated rings. The summed E-state index contributed by atoms with van der Waals surface area (Å²) in [4.78, 5) is 2.53. The van der Waals surface area contributed by atoms with E-state index in [-0.39, 0.29) is 0 Å². The van der Waals surface area contributed by atoms with Gasteiger partial charge in [-0.05, 0) is 72.2 Å². The second-order valence-electron chi connectivity index (χ2n) is 9.59. The highest BCUT2D eigenvalue weighted by Gasteiger charge is 2.40. The maximum atomic E-state index is 5.89. The van der Waals surface area contributed by atoms with Gasteiger partial charge in [-0.1, -0.05) is 58.8 Å². The third-order valence-corrected chi connectivity index (χ3v) is 7.37. The van der Waals surface area contributed by atoms with Crippen LogP contribution in [0.1, 0.15) is 81.4 Å². The lowest BCUT2D eigenvalue weighted by molar-refractivity contribution is 0.251. The minimum atomic E-state index is 0.480. The Labute approximate surface area is 194 Å². The summed E-state index contributed by atoms with van der Waals surface area (Å²) >= 11 is 0. The van der Waals surface area contributed by atoms with Gasteiger partial charge < -0.3 is 15.0 Å². The van der Waals surface area contributed by atoms with Crippen LogP contribution < -0.4 is 10.1 Å². The number of nitrogens with one attached hydrogen (secondary N) is 1. The van der Waals surface area contributed by atoms with E-state index in [4.69, 9.17) is 4.74 Å². The highest BCUT2D eigenvalue weighted by Crippen LogP contribution is 2.47.